The van der Waals surface area contributed by atoms with Crippen LogP contribution in [0.15, 0.2) is 53.2 Å². The molecule has 0 bridgehead atoms. The number of amides is 1. The van der Waals surface area contributed by atoms with Crippen LogP contribution in [0, 0.1) is 11.8 Å². The molecule has 5 heteroatoms. The molecule has 6 rings (SSSR count). The standard InChI is InChI=1S/C28H25N3OS/c32-28-27-23(8-7-21(24(27)16-29-28)6-4-19-10-13-33-18-19)26-15-22-14-20(5-9-25(22)30-26)17-31-11-2-1-3-12-31/h5,7-10,13-15,18,30H,1-3,11-12,16-17H2,(H,29,32). The largest absolute Gasteiger partial charge is 0.355 e. The summed E-state index contributed by atoms with van der Waals surface area (Å²) in [5.74, 6) is 6.46. The monoisotopic (exact) mass is 451 g/mol. The predicted molar refractivity (Wildman–Crippen MR) is 134 cm³/mol. The van der Waals surface area contributed by atoms with Crippen LogP contribution in [0.1, 0.15) is 51.9 Å². The third kappa shape index (κ3) is 3.97. The highest BCUT2D eigenvalue weighted by Gasteiger charge is 2.26. The molecule has 2 aliphatic heterocycles. The Morgan fingerprint density at radius 2 is 1.91 bits per heavy atom. The Balaban J connectivity index is 1.35. The first-order valence-electron chi connectivity index (χ1n) is 11.6. The maximum absolute atomic E-state index is 12.8. The van der Waals surface area contributed by atoms with Gasteiger partial charge in [-0.05, 0) is 67.2 Å². The van der Waals surface area contributed by atoms with Crippen molar-refractivity contribution in [3.63, 3.8) is 0 Å². The number of carbonyl (C=O) groups is 1. The van der Waals surface area contributed by atoms with Crippen LogP contribution in [0.4, 0.5) is 0 Å². The van der Waals surface area contributed by atoms with E-state index in [0.29, 0.717) is 6.54 Å². The average molecular weight is 452 g/mol. The van der Waals surface area contributed by atoms with Crippen molar-refractivity contribution in [2.75, 3.05) is 13.1 Å². The molecule has 0 aliphatic carbocycles. The second kappa shape index (κ2) is 8.55. The molecule has 0 spiro atoms. The molecule has 4 heterocycles. The lowest BCUT2D eigenvalue weighted by molar-refractivity contribution is 0.0966. The molecule has 0 radical (unpaired) electrons. The Bertz CT molecular complexity index is 1400. The fraction of sp³-hybridized carbons (Fsp3) is 0.250. The first kappa shape index (κ1) is 20.3. The van der Waals surface area contributed by atoms with Gasteiger partial charge < -0.3 is 10.3 Å². The lowest BCUT2D eigenvalue weighted by Gasteiger charge is -2.26. The van der Waals surface area contributed by atoms with Gasteiger partial charge in [-0.3, -0.25) is 9.69 Å². The van der Waals surface area contributed by atoms with Gasteiger partial charge in [0.2, 0.25) is 0 Å². The van der Waals surface area contributed by atoms with Gasteiger partial charge in [0, 0.05) is 57.3 Å². The first-order valence-corrected chi connectivity index (χ1v) is 12.5. The van der Waals surface area contributed by atoms with Crippen molar-refractivity contribution >= 4 is 28.1 Å². The second-order valence-corrected chi connectivity index (χ2v) is 9.68. The minimum atomic E-state index is -0.0244. The van der Waals surface area contributed by atoms with Gasteiger partial charge in [-0.15, -0.1) is 0 Å². The number of aromatic amines is 1. The summed E-state index contributed by atoms with van der Waals surface area (Å²) < 4.78 is 0. The van der Waals surface area contributed by atoms with Crippen LogP contribution >= 0.6 is 11.3 Å². The lowest BCUT2D eigenvalue weighted by atomic mass is 9.96. The van der Waals surface area contributed by atoms with E-state index in [9.17, 15) is 4.79 Å². The number of rotatable bonds is 3. The van der Waals surface area contributed by atoms with Crippen molar-refractivity contribution < 1.29 is 4.79 Å². The molecule has 33 heavy (non-hydrogen) atoms. The minimum absolute atomic E-state index is 0.0244. The van der Waals surface area contributed by atoms with Gasteiger partial charge in [0.15, 0.2) is 0 Å². The van der Waals surface area contributed by atoms with Crippen LogP contribution in [0.3, 0.4) is 0 Å². The number of nitrogens with one attached hydrogen (secondary N) is 2. The van der Waals surface area contributed by atoms with Crippen molar-refractivity contribution in [1.82, 2.24) is 15.2 Å². The lowest BCUT2D eigenvalue weighted by Crippen LogP contribution is -2.28. The van der Waals surface area contributed by atoms with E-state index in [1.54, 1.807) is 11.3 Å². The van der Waals surface area contributed by atoms with Gasteiger partial charge in [0.05, 0.1) is 5.56 Å². The van der Waals surface area contributed by atoms with Crippen molar-refractivity contribution in [2.45, 2.75) is 32.4 Å². The summed E-state index contributed by atoms with van der Waals surface area (Å²) in [7, 11) is 0. The maximum Gasteiger partial charge on any atom is 0.252 e. The molecular weight excluding hydrogens is 426 g/mol. The van der Waals surface area contributed by atoms with Gasteiger partial charge in [0.25, 0.3) is 5.91 Å². The second-order valence-electron chi connectivity index (χ2n) is 8.90. The fourth-order valence-electron chi connectivity index (χ4n) is 4.97. The van der Waals surface area contributed by atoms with Crippen LogP contribution in [0.2, 0.25) is 0 Å². The van der Waals surface area contributed by atoms with Crippen molar-refractivity contribution in [3.8, 4) is 23.1 Å². The van der Waals surface area contributed by atoms with E-state index in [1.807, 2.05) is 29.0 Å². The van der Waals surface area contributed by atoms with Gasteiger partial charge in [0.1, 0.15) is 0 Å². The van der Waals surface area contributed by atoms with Crippen molar-refractivity contribution in [3.05, 3.63) is 81.0 Å². The van der Waals surface area contributed by atoms with E-state index in [-0.39, 0.29) is 5.91 Å². The maximum atomic E-state index is 12.8. The SMILES string of the molecule is O=C1NCc2c(C#Cc3ccsc3)ccc(-c3cc4cc(CN5CCCCC5)ccc4[nH]3)c21. The fourth-order valence-corrected chi connectivity index (χ4v) is 5.55. The molecule has 1 amide bonds. The zero-order valence-corrected chi connectivity index (χ0v) is 19.2. The average Bonchev–Trinajstić information content (AvgIpc) is 3.58. The van der Waals surface area contributed by atoms with E-state index >= 15 is 0 Å². The van der Waals surface area contributed by atoms with E-state index in [4.69, 9.17) is 0 Å². The number of benzene rings is 2. The summed E-state index contributed by atoms with van der Waals surface area (Å²) in [6.45, 7) is 3.92. The van der Waals surface area contributed by atoms with Crippen molar-refractivity contribution in [1.29, 1.82) is 0 Å². The number of piperidine rings is 1. The summed E-state index contributed by atoms with van der Waals surface area (Å²) in [4.78, 5) is 18.8. The van der Waals surface area contributed by atoms with Crippen LogP contribution in [0.25, 0.3) is 22.2 Å². The number of fused-ring (bicyclic) bond motifs is 2. The van der Waals surface area contributed by atoms with E-state index < -0.39 is 0 Å². The molecule has 1 fully saturated rings. The van der Waals surface area contributed by atoms with Crippen molar-refractivity contribution in [2.24, 2.45) is 0 Å². The first-order chi connectivity index (χ1) is 16.2. The molecule has 2 aromatic carbocycles. The molecule has 0 saturated carbocycles. The number of aromatic nitrogens is 1. The topological polar surface area (TPSA) is 48.1 Å². The number of nitrogens with zero attached hydrogens (tertiary/aromatic N) is 1. The zero-order chi connectivity index (χ0) is 22.2. The third-order valence-corrected chi connectivity index (χ3v) is 7.34. The molecule has 4 aromatic rings. The van der Waals surface area contributed by atoms with Gasteiger partial charge in [-0.25, -0.2) is 0 Å². The number of carbonyl (C=O) groups excluding carboxylic acids is 1. The number of H-pyrrole nitrogens is 1. The summed E-state index contributed by atoms with van der Waals surface area (Å²) >= 11 is 1.64. The number of hydrogen-bond acceptors (Lipinski definition) is 3. The summed E-state index contributed by atoms with van der Waals surface area (Å²) in [5, 5.41) is 8.24. The molecule has 0 atom stereocenters. The van der Waals surface area contributed by atoms with Gasteiger partial charge >= 0.3 is 0 Å². The number of thiophene rings is 1. The van der Waals surface area contributed by atoms with Crippen LogP contribution < -0.4 is 5.32 Å². The highest BCUT2D eigenvalue weighted by Crippen LogP contribution is 2.33. The summed E-state index contributed by atoms with van der Waals surface area (Å²) in [6.07, 6.45) is 3.96. The Morgan fingerprint density at radius 3 is 2.76 bits per heavy atom. The number of hydrogen-bond donors (Lipinski definition) is 2. The molecular formula is C28H25N3OS. The predicted octanol–water partition coefficient (Wildman–Crippen LogP) is 5.53. The molecule has 164 valence electrons. The molecule has 0 unspecified atom stereocenters. The Kier molecular flexibility index (Phi) is 5.26. The van der Waals surface area contributed by atoms with Crippen LogP contribution in [-0.4, -0.2) is 28.9 Å². The molecule has 4 nitrogen and oxygen atoms in total. The van der Waals surface area contributed by atoms with Gasteiger partial charge in [-0.2, -0.15) is 11.3 Å². The molecule has 2 aromatic heterocycles. The van der Waals surface area contributed by atoms with Crippen LogP contribution in [0.5, 0.6) is 0 Å². The smallest absolute Gasteiger partial charge is 0.252 e. The Labute approximate surface area is 197 Å². The molecule has 1 saturated heterocycles. The van der Waals surface area contributed by atoms with E-state index in [1.165, 1.54) is 43.3 Å². The molecule has 2 N–H and O–H groups in total. The minimum Gasteiger partial charge on any atom is -0.355 e. The summed E-state index contributed by atoms with van der Waals surface area (Å²) in [5.41, 5.74) is 8.01. The normalized spacial score (nSPS) is 15.8. The third-order valence-electron chi connectivity index (χ3n) is 6.66. The highest BCUT2D eigenvalue weighted by atomic mass is 32.1. The highest BCUT2D eigenvalue weighted by molar-refractivity contribution is 7.08. The Morgan fingerprint density at radius 1 is 1.00 bits per heavy atom. The zero-order valence-electron chi connectivity index (χ0n) is 18.4. The number of likely N-dealkylation sites (tertiary alicyclic amines) is 1. The van der Waals surface area contributed by atoms with Crippen LogP contribution in [-0.2, 0) is 13.1 Å². The summed E-state index contributed by atoms with van der Waals surface area (Å²) in [6, 6.07) is 14.9. The van der Waals surface area contributed by atoms with E-state index in [2.05, 4.69) is 51.3 Å². The Hall–Kier alpha value is -3.33. The molecule has 2 aliphatic rings. The van der Waals surface area contributed by atoms with Gasteiger partial charge in [-0.1, -0.05) is 30.4 Å². The van der Waals surface area contributed by atoms with E-state index in [0.717, 1.165) is 45.6 Å². The quantitative estimate of drug-likeness (QED) is 0.403.